The number of carboxylic acids is 1. The second-order valence-corrected chi connectivity index (χ2v) is 5.08. The Morgan fingerprint density at radius 3 is 2.25 bits per heavy atom. The fourth-order valence-electron chi connectivity index (χ4n) is 0.841. The van der Waals surface area contributed by atoms with Crippen LogP contribution >= 0.6 is 58.8 Å². The van der Waals surface area contributed by atoms with Crippen LogP contribution in [-0.2, 0) is 0 Å². The second-order valence-electron chi connectivity index (χ2n) is 2.50. The predicted octanol–water partition coefficient (Wildman–Crippen LogP) is 4.17. The molecule has 90 valence electrons. The molecule has 0 atom stereocenters. The minimum Gasteiger partial charge on any atom is -0.478 e. The third kappa shape index (κ3) is 4.85. The van der Waals surface area contributed by atoms with E-state index in [2.05, 4.69) is 0 Å². The molecule has 0 aliphatic rings. The van der Waals surface area contributed by atoms with E-state index in [4.69, 9.17) is 56.2 Å². The van der Waals surface area contributed by atoms with Crippen molar-refractivity contribution in [1.82, 2.24) is 0 Å². The first-order chi connectivity index (χ1) is 6.79. The number of alkyl halides is 3. The molecular formula is C8H5Cl5O3. The van der Waals surface area contributed by atoms with Crippen LogP contribution in [0.15, 0.2) is 18.2 Å². The van der Waals surface area contributed by atoms with Gasteiger partial charge in [-0.15, -0.1) is 12.4 Å². The molecule has 0 amide bonds. The Morgan fingerprint density at radius 2 is 1.88 bits per heavy atom. The number of ether oxygens (including phenoxy) is 1. The minimum absolute atomic E-state index is 0. The van der Waals surface area contributed by atoms with Gasteiger partial charge in [-0.1, -0.05) is 11.6 Å². The quantitative estimate of drug-likeness (QED) is 0.830. The van der Waals surface area contributed by atoms with Gasteiger partial charge in [0.15, 0.2) is 0 Å². The molecule has 0 aliphatic carbocycles. The highest BCUT2D eigenvalue weighted by atomic mass is 35.6. The SMILES string of the molecule is Cl.O=C(O)c1ccc(OC(Cl)(Cl)Cl)c(Cl)c1. The van der Waals surface area contributed by atoms with Crippen LogP contribution < -0.4 is 4.74 Å². The molecule has 0 aliphatic heterocycles. The van der Waals surface area contributed by atoms with E-state index in [1.54, 1.807) is 0 Å². The van der Waals surface area contributed by atoms with Gasteiger partial charge in [0.1, 0.15) is 5.75 Å². The lowest BCUT2D eigenvalue weighted by Gasteiger charge is -2.14. The van der Waals surface area contributed by atoms with Crippen molar-refractivity contribution in [3.63, 3.8) is 0 Å². The molecule has 8 heteroatoms. The zero-order valence-electron chi connectivity index (χ0n) is 7.42. The average Bonchev–Trinajstić information content (AvgIpc) is 2.05. The van der Waals surface area contributed by atoms with Crippen LogP contribution in [0.25, 0.3) is 0 Å². The molecule has 0 unspecified atom stereocenters. The Kier molecular flexibility index (Phi) is 6.01. The van der Waals surface area contributed by atoms with Crippen LogP contribution in [0.2, 0.25) is 5.02 Å². The maximum absolute atomic E-state index is 10.6. The number of aromatic carboxylic acids is 1. The van der Waals surface area contributed by atoms with Gasteiger partial charge in [0.05, 0.1) is 10.6 Å². The summed E-state index contributed by atoms with van der Waals surface area (Å²) in [6.45, 7) is 0. The first-order valence-electron chi connectivity index (χ1n) is 3.58. The van der Waals surface area contributed by atoms with E-state index in [9.17, 15) is 4.79 Å². The highest BCUT2D eigenvalue weighted by Gasteiger charge is 2.23. The maximum Gasteiger partial charge on any atom is 0.338 e. The molecule has 0 aromatic heterocycles. The summed E-state index contributed by atoms with van der Waals surface area (Å²) in [5.74, 6) is -1.00. The molecule has 0 spiro atoms. The molecule has 0 saturated heterocycles. The Balaban J connectivity index is 0.00000225. The number of benzene rings is 1. The lowest BCUT2D eigenvalue weighted by molar-refractivity contribution is 0.0697. The summed E-state index contributed by atoms with van der Waals surface area (Å²) in [5.41, 5.74) is 0.0247. The highest BCUT2D eigenvalue weighted by molar-refractivity contribution is 6.66. The molecule has 0 fully saturated rings. The normalized spacial score (nSPS) is 10.5. The van der Waals surface area contributed by atoms with Crippen LogP contribution in [0.1, 0.15) is 10.4 Å². The lowest BCUT2D eigenvalue weighted by atomic mass is 10.2. The Bertz CT molecular complexity index is 388. The summed E-state index contributed by atoms with van der Waals surface area (Å²) >= 11 is 21.8. The summed E-state index contributed by atoms with van der Waals surface area (Å²) in [6.07, 6.45) is 0. The van der Waals surface area contributed by atoms with Crippen molar-refractivity contribution in [2.45, 2.75) is 3.98 Å². The first kappa shape index (κ1) is 15.9. The van der Waals surface area contributed by atoms with Gasteiger partial charge in [0.25, 0.3) is 0 Å². The van der Waals surface area contributed by atoms with Gasteiger partial charge in [0, 0.05) is 0 Å². The maximum atomic E-state index is 10.6. The van der Waals surface area contributed by atoms with Gasteiger partial charge in [-0.25, -0.2) is 4.79 Å². The second kappa shape index (κ2) is 6.03. The highest BCUT2D eigenvalue weighted by Crippen LogP contribution is 2.34. The van der Waals surface area contributed by atoms with Crippen LogP contribution in [-0.4, -0.2) is 15.1 Å². The smallest absolute Gasteiger partial charge is 0.338 e. The van der Waals surface area contributed by atoms with Crippen molar-refractivity contribution >= 4 is 64.8 Å². The molecule has 0 heterocycles. The van der Waals surface area contributed by atoms with Crippen molar-refractivity contribution < 1.29 is 14.6 Å². The van der Waals surface area contributed by atoms with Crippen LogP contribution in [0.4, 0.5) is 0 Å². The van der Waals surface area contributed by atoms with Crippen molar-refractivity contribution in [3.8, 4) is 5.75 Å². The standard InChI is InChI=1S/C8H4Cl4O3.ClH/c9-5-3-4(7(13)14)1-2-6(5)15-8(10,11)12;/h1-3H,(H,13,14);1H. The number of carboxylic acid groups (broad SMARTS) is 1. The monoisotopic (exact) mass is 324 g/mol. The van der Waals surface area contributed by atoms with Crippen LogP contribution in [0.5, 0.6) is 5.75 Å². The molecule has 1 rings (SSSR count). The predicted molar refractivity (Wildman–Crippen MR) is 66.6 cm³/mol. The van der Waals surface area contributed by atoms with Gasteiger partial charge in [0.2, 0.25) is 0 Å². The topological polar surface area (TPSA) is 46.5 Å². The van der Waals surface area contributed by atoms with E-state index in [1.807, 2.05) is 0 Å². The molecule has 1 aromatic rings. The van der Waals surface area contributed by atoms with E-state index in [-0.39, 0.29) is 28.7 Å². The Hall–Kier alpha value is -0.0600. The molecule has 0 bridgehead atoms. The molecule has 1 aromatic carbocycles. The summed E-state index contributed by atoms with van der Waals surface area (Å²) in [7, 11) is 0. The molecule has 1 N–H and O–H groups in total. The lowest BCUT2D eigenvalue weighted by Crippen LogP contribution is -2.13. The van der Waals surface area contributed by atoms with Gasteiger partial charge in [-0.2, -0.15) is 0 Å². The zero-order chi connectivity index (χ0) is 11.6. The molecular weight excluding hydrogens is 321 g/mol. The number of hydrogen-bond acceptors (Lipinski definition) is 2. The summed E-state index contributed by atoms with van der Waals surface area (Å²) < 4.78 is 2.90. The Morgan fingerprint density at radius 1 is 1.31 bits per heavy atom. The minimum atomic E-state index is -1.94. The average molecular weight is 326 g/mol. The molecule has 16 heavy (non-hydrogen) atoms. The fraction of sp³-hybridized carbons (Fsp3) is 0.125. The van der Waals surface area contributed by atoms with Crippen molar-refractivity contribution in [3.05, 3.63) is 28.8 Å². The third-order valence-electron chi connectivity index (χ3n) is 1.40. The van der Waals surface area contributed by atoms with E-state index in [0.29, 0.717) is 0 Å². The third-order valence-corrected chi connectivity index (χ3v) is 1.93. The molecule has 0 saturated carbocycles. The van der Waals surface area contributed by atoms with Crippen LogP contribution in [0, 0.1) is 0 Å². The van der Waals surface area contributed by atoms with Gasteiger partial charge in [-0.05, 0) is 53.0 Å². The van der Waals surface area contributed by atoms with Crippen molar-refractivity contribution in [2.75, 3.05) is 0 Å². The molecule has 0 radical (unpaired) electrons. The first-order valence-corrected chi connectivity index (χ1v) is 5.09. The zero-order valence-corrected chi connectivity index (χ0v) is 11.3. The number of hydrogen-bond donors (Lipinski definition) is 1. The number of halogens is 5. The largest absolute Gasteiger partial charge is 0.478 e. The van der Waals surface area contributed by atoms with E-state index in [0.717, 1.165) is 0 Å². The fourth-order valence-corrected chi connectivity index (χ4v) is 1.31. The van der Waals surface area contributed by atoms with Crippen molar-refractivity contribution in [2.24, 2.45) is 0 Å². The summed E-state index contributed by atoms with van der Waals surface area (Å²) in [4.78, 5) is 10.6. The summed E-state index contributed by atoms with van der Waals surface area (Å²) in [5, 5.41) is 8.71. The molecule has 3 nitrogen and oxygen atoms in total. The van der Waals surface area contributed by atoms with Gasteiger partial charge in [-0.3, -0.25) is 0 Å². The number of carbonyl (C=O) groups is 1. The van der Waals surface area contributed by atoms with E-state index < -0.39 is 9.95 Å². The van der Waals surface area contributed by atoms with E-state index in [1.165, 1.54) is 18.2 Å². The number of rotatable bonds is 2. The van der Waals surface area contributed by atoms with Crippen LogP contribution in [0.3, 0.4) is 0 Å². The van der Waals surface area contributed by atoms with E-state index >= 15 is 0 Å². The van der Waals surface area contributed by atoms with Gasteiger partial charge < -0.3 is 9.84 Å². The Labute approximate surface area is 118 Å². The summed E-state index contributed by atoms with van der Waals surface area (Å²) in [6, 6.07) is 3.81. The van der Waals surface area contributed by atoms with Crippen molar-refractivity contribution in [1.29, 1.82) is 0 Å². The van der Waals surface area contributed by atoms with Gasteiger partial charge >= 0.3 is 9.95 Å².